The number of rotatable bonds is 10. The molecule has 1 aliphatic heterocycles. The monoisotopic (exact) mass is 568 g/mol. The van der Waals surface area contributed by atoms with Crippen molar-refractivity contribution in [3.8, 4) is 23.6 Å². The van der Waals surface area contributed by atoms with E-state index in [-0.39, 0.29) is 36.7 Å². The van der Waals surface area contributed by atoms with Crippen molar-refractivity contribution in [3.63, 3.8) is 0 Å². The molecular formula is C26H28N6O5S2. The molecule has 0 radical (unpaired) electrons. The van der Waals surface area contributed by atoms with Crippen molar-refractivity contribution in [1.82, 2.24) is 14.2 Å². The Bertz CT molecular complexity index is 1500. The zero-order valence-electron chi connectivity index (χ0n) is 21.7. The Morgan fingerprint density at radius 1 is 1.00 bits per heavy atom. The molecule has 1 aromatic heterocycles. The molecule has 0 N–H and O–H groups in total. The number of carbonyl (C=O) groups is 1. The number of carbonyl (C=O) groups excluding carboxylic acids is 1. The topological polar surface area (TPSA) is 140 Å². The van der Waals surface area contributed by atoms with Crippen molar-refractivity contribution < 1.29 is 22.7 Å². The van der Waals surface area contributed by atoms with Gasteiger partial charge in [-0.2, -0.15) is 14.8 Å². The van der Waals surface area contributed by atoms with Gasteiger partial charge >= 0.3 is 0 Å². The number of amides is 1. The number of hydrogen-bond acceptors (Lipinski definition) is 10. The zero-order chi connectivity index (χ0) is 28.0. The molecule has 0 saturated carbocycles. The highest BCUT2D eigenvalue weighted by molar-refractivity contribution is 7.89. The number of sulfonamides is 1. The lowest BCUT2D eigenvalue weighted by Gasteiger charge is -2.34. The van der Waals surface area contributed by atoms with Crippen LogP contribution >= 0.6 is 11.3 Å². The summed E-state index contributed by atoms with van der Waals surface area (Å²) >= 11 is 1.55. The number of piperazine rings is 1. The average molecular weight is 569 g/mol. The number of hydrogen-bond donors (Lipinski definition) is 0. The van der Waals surface area contributed by atoms with E-state index < -0.39 is 10.0 Å². The molecule has 204 valence electrons. The first-order valence-electron chi connectivity index (χ1n) is 12.2. The predicted octanol–water partition coefficient (Wildman–Crippen LogP) is 3.09. The van der Waals surface area contributed by atoms with Crippen LogP contribution in [0.4, 0.5) is 5.13 Å². The minimum absolute atomic E-state index is 0.000454. The van der Waals surface area contributed by atoms with E-state index in [1.54, 1.807) is 30.5 Å². The molecule has 1 amide bonds. The number of methoxy groups -OCH3 is 2. The fraction of sp³-hybridized carbons (Fsp3) is 0.385. The molecule has 1 aliphatic rings. The van der Waals surface area contributed by atoms with E-state index in [1.165, 1.54) is 24.3 Å². The molecule has 0 unspecified atom stereocenters. The third-order valence-corrected chi connectivity index (χ3v) is 9.41. The second-order valence-electron chi connectivity index (χ2n) is 8.67. The summed E-state index contributed by atoms with van der Waals surface area (Å²) in [5, 5.41) is 18.6. The molecule has 1 saturated heterocycles. The van der Waals surface area contributed by atoms with Gasteiger partial charge in [0.2, 0.25) is 10.0 Å². The number of ether oxygens (including phenoxy) is 2. The number of nitriles is 2. The highest BCUT2D eigenvalue weighted by Crippen LogP contribution is 2.40. The molecule has 0 atom stereocenters. The van der Waals surface area contributed by atoms with Gasteiger partial charge in [-0.15, -0.1) is 0 Å². The molecule has 2 aromatic carbocycles. The highest BCUT2D eigenvalue weighted by atomic mass is 32.2. The van der Waals surface area contributed by atoms with Gasteiger partial charge in [-0.3, -0.25) is 4.79 Å². The molecule has 0 spiro atoms. The van der Waals surface area contributed by atoms with Crippen LogP contribution < -0.4 is 14.4 Å². The second-order valence-corrected chi connectivity index (χ2v) is 11.6. The maximum atomic E-state index is 13.1. The summed E-state index contributed by atoms with van der Waals surface area (Å²) in [6.45, 7) is 2.19. The molecule has 0 aliphatic carbocycles. The predicted molar refractivity (Wildman–Crippen MR) is 147 cm³/mol. The summed E-state index contributed by atoms with van der Waals surface area (Å²) < 4.78 is 39.0. The number of thiazole rings is 1. The number of benzene rings is 2. The lowest BCUT2D eigenvalue weighted by atomic mass is 10.2. The van der Waals surface area contributed by atoms with Crippen molar-refractivity contribution >= 4 is 42.6 Å². The molecule has 3 aromatic rings. The van der Waals surface area contributed by atoms with E-state index in [0.29, 0.717) is 43.2 Å². The average Bonchev–Trinajstić information content (AvgIpc) is 3.41. The van der Waals surface area contributed by atoms with Gasteiger partial charge in [0.1, 0.15) is 5.52 Å². The third-order valence-electron chi connectivity index (χ3n) is 6.41. The van der Waals surface area contributed by atoms with Crippen LogP contribution in [0.25, 0.3) is 10.2 Å². The number of anilines is 1. The molecular weight excluding hydrogens is 540 g/mol. The summed E-state index contributed by atoms with van der Waals surface area (Å²) in [7, 11) is -0.723. The molecule has 2 heterocycles. The maximum absolute atomic E-state index is 13.1. The number of aromatic nitrogens is 1. The van der Waals surface area contributed by atoms with E-state index in [0.717, 1.165) is 19.7 Å². The van der Waals surface area contributed by atoms with Crippen LogP contribution in [0.3, 0.4) is 0 Å². The van der Waals surface area contributed by atoms with Crippen LogP contribution in [0.15, 0.2) is 41.3 Å². The lowest BCUT2D eigenvalue weighted by Crippen LogP contribution is -2.48. The minimum atomic E-state index is -3.89. The Hall–Kier alpha value is -3.91. The molecule has 0 bridgehead atoms. The molecule has 11 nitrogen and oxygen atoms in total. The highest BCUT2D eigenvalue weighted by Gasteiger charge is 2.27. The molecule has 1 fully saturated rings. The quantitative estimate of drug-likeness (QED) is 0.361. The van der Waals surface area contributed by atoms with Crippen LogP contribution in [0.5, 0.6) is 11.5 Å². The summed E-state index contributed by atoms with van der Waals surface area (Å²) in [4.78, 5) is 21.8. The van der Waals surface area contributed by atoms with Gasteiger partial charge in [-0.1, -0.05) is 11.3 Å². The van der Waals surface area contributed by atoms with Crippen molar-refractivity contribution in [3.05, 3.63) is 42.0 Å². The summed E-state index contributed by atoms with van der Waals surface area (Å²) in [5.41, 5.74) is 1.13. The Morgan fingerprint density at radius 2 is 1.64 bits per heavy atom. The largest absolute Gasteiger partial charge is 0.493 e. The van der Waals surface area contributed by atoms with E-state index in [1.807, 2.05) is 24.3 Å². The smallest absolute Gasteiger partial charge is 0.253 e. The maximum Gasteiger partial charge on any atom is 0.253 e. The Labute approximate surface area is 231 Å². The van der Waals surface area contributed by atoms with Gasteiger partial charge in [0.15, 0.2) is 16.6 Å². The van der Waals surface area contributed by atoms with E-state index in [9.17, 15) is 13.2 Å². The Kier molecular flexibility index (Phi) is 8.86. The lowest BCUT2D eigenvalue weighted by molar-refractivity contribution is 0.0746. The standard InChI is InChI=1S/C26H28N6O5S2/c1-36-21-9-10-22-23(24(21)37-2)29-26(38-22)31-17-15-30(16-18-31)25(33)19-5-7-20(8-6-19)39(34,35)32(13-3-11-27)14-4-12-28/h5-10H,3-4,13-18H2,1-2H3. The van der Waals surface area contributed by atoms with Crippen molar-refractivity contribution in [2.75, 3.05) is 58.4 Å². The number of fused-ring (bicyclic) bond motifs is 1. The van der Waals surface area contributed by atoms with Crippen LogP contribution in [0.1, 0.15) is 23.2 Å². The first kappa shape index (κ1) is 28.1. The molecule has 13 heteroatoms. The van der Waals surface area contributed by atoms with E-state index in [4.69, 9.17) is 25.0 Å². The van der Waals surface area contributed by atoms with Crippen LogP contribution in [-0.2, 0) is 10.0 Å². The first-order chi connectivity index (χ1) is 18.8. The third kappa shape index (κ3) is 5.91. The molecule has 4 rings (SSSR count). The first-order valence-corrected chi connectivity index (χ1v) is 14.5. The van der Waals surface area contributed by atoms with Crippen LogP contribution in [-0.4, -0.2) is 82.0 Å². The van der Waals surface area contributed by atoms with Gasteiger partial charge < -0.3 is 19.3 Å². The van der Waals surface area contributed by atoms with Gasteiger partial charge in [0.25, 0.3) is 5.91 Å². The Balaban J connectivity index is 1.42. The van der Waals surface area contributed by atoms with Gasteiger partial charge in [-0.05, 0) is 36.4 Å². The fourth-order valence-corrected chi connectivity index (χ4v) is 6.79. The number of nitrogens with zero attached hydrogens (tertiary/aromatic N) is 6. The van der Waals surface area contributed by atoms with Gasteiger partial charge in [0.05, 0.1) is 36.0 Å². The van der Waals surface area contributed by atoms with Crippen LogP contribution in [0, 0.1) is 22.7 Å². The summed E-state index contributed by atoms with van der Waals surface area (Å²) in [5.74, 6) is 1.03. The van der Waals surface area contributed by atoms with Crippen molar-refractivity contribution in [1.29, 1.82) is 10.5 Å². The van der Waals surface area contributed by atoms with Gasteiger partial charge in [0, 0.05) is 57.7 Å². The van der Waals surface area contributed by atoms with Crippen molar-refractivity contribution in [2.45, 2.75) is 17.7 Å². The van der Waals surface area contributed by atoms with E-state index >= 15 is 0 Å². The fourth-order valence-electron chi connectivity index (χ4n) is 4.34. The Morgan fingerprint density at radius 3 is 2.21 bits per heavy atom. The van der Waals surface area contributed by atoms with Gasteiger partial charge in [-0.25, -0.2) is 13.4 Å². The SMILES string of the molecule is COc1ccc2sc(N3CCN(C(=O)c4ccc(S(=O)(=O)N(CCC#N)CCC#N)cc4)CC3)nc2c1OC. The van der Waals surface area contributed by atoms with Crippen molar-refractivity contribution in [2.24, 2.45) is 0 Å². The summed E-state index contributed by atoms with van der Waals surface area (Å²) in [6, 6.07) is 13.5. The van der Waals surface area contributed by atoms with Crippen LogP contribution in [0.2, 0.25) is 0 Å². The minimum Gasteiger partial charge on any atom is -0.493 e. The summed E-state index contributed by atoms with van der Waals surface area (Å²) in [6.07, 6.45) is 0.0396. The second kappa shape index (κ2) is 12.3. The van der Waals surface area contributed by atoms with E-state index in [2.05, 4.69) is 4.90 Å². The zero-order valence-corrected chi connectivity index (χ0v) is 23.3. The molecule has 39 heavy (non-hydrogen) atoms. The normalized spacial score (nSPS) is 13.8.